The molecular weight excluding hydrogens is 390 g/mol. The average Bonchev–Trinajstić information content (AvgIpc) is 3.46. The monoisotopic (exact) mass is 413 g/mol. The molecule has 0 saturated heterocycles. The summed E-state index contributed by atoms with van der Waals surface area (Å²) in [5, 5.41) is 6.62. The second-order valence-corrected chi connectivity index (χ2v) is 8.87. The van der Waals surface area contributed by atoms with Crippen molar-refractivity contribution in [3.63, 3.8) is 0 Å². The van der Waals surface area contributed by atoms with Crippen LogP contribution in [0.4, 0.5) is 5.13 Å². The Labute approximate surface area is 172 Å². The zero-order valence-electron chi connectivity index (χ0n) is 16.0. The Morgan fingerprint density at radius 2 is 1.90 bits per heavy atom. The lowest BCUT2D eigenvalue weighted by Gasteiger charge is -2.22. The molecule has 2 N–H and O–H groups in total. The van der Waals surface area contributed by atoms with Crippen molar-refractivity contribution in [3.05, 3.63) is 34.3 Å². The molecule has 3 aliphatic rings. The lowest BCUT2D eigenvalue weighted by Crippen LogP contribution is -2.37. The molecule has 29 heavy (non-hydrogen) atoms. The molecule has 1 aromatic heterocycles. The first-order valence-corrected chi connectivity index (χ1v) is 11.0. The van der Waals surface area contributed by atoms with Crippen LogP contribution in [0.3, 0.4) is 0 Å². The number of anilines is 1. The van der Waals surface area contributed by atoms with Gasteiger partial charge < -0.3 is 14.8 Å². The predicted molar refractivity (Wildman–Crippen MR) is 109 cm³/mol. The second kappa shape index (κ2) is 7.67. The van der Waals surface area contributed by atoms with E-state index in [1.807, 2.05) is 0 Å². The normalized spacial score (nSPS) is 20.3. The third kappa shape index (κ3) is 3.69. The zero-order chi connectivity index (χ0) is 19.8. The average molecular weight is 413 g/mol. The minimum atomic E-state index is -0.249. The van der Waals surface area contributed by atoms with Gasteiger partial charge in [0.2, 0.25) is 12.7 Å². The molecule has 2 amide bonds. The lowest BCUT2D eigenvalue weighted by molar-refractivity contribution is -0.123. The van der Waals surface area contributed by atoms with Gasteiger partial charge in [-0.2, -0.15) is 0 Å². The lowest BCUT2D eigenvalue weighted by atomic mass is 9.90. The second-order valence-electron chi connectivity index (χ2n) is 7.78. The molecule has 2 aromatic rings. The van der Waals surface area contributed by atoms with E-state index in [2.05, 4.69) is 15.6 Å². The standard InChI is InChI=1S/C21H23N3O4S/c25-19(12-8-9-15-16(10-12)28-11-27-15)24-21-23-18-14(6-3-7-17(18)29-21)20(26)22-13-4-1-2-5-13/h8-10,13-14H,1-7,11H2,(H,22,26)(H,23,24,25)/t14-/m0/s1. The van der Waals surface area contributed by atoms with Gasteiger partial charge >= 0.3 is 0 Å². The Balaban J connectivity index is 1.30. The quantitative estimate of drug-likeness (QED) is 0.799. The topological polar surface area (TPSA) is 89.6 Å². The van der Waals surface area contributed by atoms with Gasteiger partial charge in [0.05, 0.1) is 11.6 Å². The summed E-state index contributed by atoms with van der Waals surface area (Å²) in [6.45, 7) is 0.171. The Kier molecular flexibility index (Phi) is 4.87. The number of thiazole rings is 1. The first kappa shape index (κ1) is 18.4. The van der Waals surface area contributed by atoms with E-state index in [4.69, 9.17) is 9.47 Å². The van der Waals surface area contributed by atoms with Crippen molar-refractivity contribution in [2.45, 2.75) is 56.9 Å². The highest BCUT2D eigenvalue weighted by Crippen LogP contribution is 2.38. The molecule has 152 valence electrons. The van der Waals surface area contributed by atoms with Crippen LogP contribution in [0.15, 0.2) is 18.2 Å². The van der Waals surface area contributed by atoms with Crippen molar-refractivity contribution >= 4 is 28.3 Å². The Morgan fingerprint density at radius 1 is 1.07 bits per heavy atom. The minimum absolute atomic E-state index is 0.0804. The van der Waals surface area contributed by atoms with Crippen molar-refractivity contribution in [1.82, 2.24) is 10.3 Å². The van der Waals surface area contributed by atoms with E-state index in [9.17, 15) is 9.59 Å². The molecule has 1 aromatic carbocycles. The first-order chi connectivity index (χ1) is 14.2. The number of hydrogen-bond acceptors (Lipinski definition) is 6. The van der Waals surface area contributed by atoms with E-state index in [0.717, 1.165) is 42.7 Å². The van der Waals surface area contributed by atoms with Crippen LogP contribution < -0.4 is 20.1 Å². The van der Waals surface area contributed by atoms with Gasteiger partial charge in [-0.05, 0) is 50.3 Å². The number of aromatic nitrogens is 1. The molecule has 0 unspecified atom stereocenters. The molecule has 1 atom stereocenters. The fourth-order valence-corrected chi connectivity index (χ4v) is 5.37. The highest BCUT2D eigenvalue weighted by atomic mass is 32.1. The van der Waals surface area contributed by atoms with Gasteiger partial charge in [-0.1, -0.05) is 12.8 Å². The van der Waals surface area contributed by atoms with Gasteiger partial charge in [0.1, 0.15) is 0 Å². The molecule has 5 rings (SSSR count). The van der Waals surface area contributed by atoms with Gasteiger partial charge in [-0.25, -0.2) is 4.98 Å². The predicted octanol–water partition coefficient (Wildman–Crippen LogP) is 3.60. The minimum Gasteiger partial charge on any atom is -0.454 e. The number of carbonyl (C=O) groups is 2. The van der Waals surface area contributed by atoms with Crippen LogP contribution in [-0.2, 0) is 11.2 Å². The van der Waals surface area contributed by atoms with Crippen molar-refractivity contribution in [2.24, 2.45) is 0 Å². The molecule has 1 fully saturated rings. The van der Waals surface area contributed by atoms with Crippen LogP contribution in [-0.4, -0.2) is 29.6 Å². The fourth-order valence-electron chi connectivity index (χ4n) is 4.31. The third-order valence-electron chi connectivity index (χ3n) is 5.83. The van der Waals surface area contributed by atoms with Gasteiger partial charge in [-0.3, -0.25) is 14.9 Å². The van der Waals surface area contributed by atoms with Crippen molar-refractivity contribution < 1.29 is 19.1 Å². The maximum atomic E-state index is 12.8. The summed E-state index contributed by atoms with van der Waals surface area (Å²) in [7, 11) is 0. The van der Waals surface area contributed by atoms with E-state index in [1.54, 1.807) is 18.2 Å². The smallest absolute Gasteiger partial charge is 0.257 e. The van der Waals surface area contributed by atoms with Crippen LogP contribution in [0.2, 0.25) is 0 Å². The van der Waals surface area contributed by atoms with E-state index in [-0.39, 0.29) is 24.5 Å². The van der Waals surface area contributed by atoms with Crippen molar-refractivity contribution in [2.75, 3.05) is 12.1 Å². The molecule has 2 aliphatic carbocycles. The largest absolute Gasteiger partial charge is 0.454 e. The van der Waals surface area contributed by atoms with E-state index in [1.165, 1.54) is 24.2 Å². The van der Waals surface area contributed by atoms with Crippen LogP contribution in [0, 0.1) is 0 Å². The maximum absolute atomic E-state index is 12.8. The van der Waals surface area contributed by atoms with Gasteiger partial charge in [0.25, 0.3) is 5.91 Å². The number of nitrogens with zero attached hydrogens (tertiary/aromatic N) is 1. The highest BCUT2D eigenvalue weighted by molar-refractivity contribution is 7.16. The van der Waals surface area contributed by atoms with Crippen LogP contribution in [0.25, 0.3) is 0 Å². The molecule has 0 radical (unpaired) electrons. The number of carbonyl (C=O) groups excluding carboxylic acids is 2. The molecular formula is C21H23N3O4S. The van der Waals surface area contributed by atoms with Crippen LogP contribution in [0.1, 0.15) is 65.4 Å². The van der Waals surface area contributed by atoms with Gasteiger partial charge in [-0.15, -0.1) is 11.3 Å². The molecule has 0 spiro atoms. The third-order valence-corrected chi connectivity index (χ3v) is 6.87. The Morgan fingerprint density at radius 3 is 2.76 bits per heavy atom. The van der Waals surface area contributed by atoms with E-state index in [0.29, 0.717) is 28.2 Å². The van der Waals surface area contributed by atoms with Gasteiger partial charge in [0.15, 0.2) is 16.6 Å². The van der Waals surface area contributed by atoms with Crippen LogP contribution >= 0.6 is 11.3 Å². The summed E-state index contributed by atoms with van der Waals surface area (Å²) in [6, 6.07) is 5.40. The molecule has 0 bridgehead atoms. The number of rotatable bonds is 4. The number of benzene rings is 1. The maximum Gasteiger partial charge on any atom is 0.257 e. The van der Waals surface area contributed by atoms with E-state index < -0.39 is 0 Å². The molecule has 8 heteroatoms. The Bertz CT molecular complexity index is 951. The highest BCUT2D eigenvalue weighted by Gasteiger charge is 2.32. The van der Waals surface area contributed by atoms with Crippen LogP contribution in [0.5, 0.6) is 11.5 Å². The number of amides is 2. The zero-order valence-corrected chi connectivity index (χ0v) is 16.8. The SMILES string of the molecule is O=C(Nc1nc2c(s1)CCC[C@@H]2C(=O)NC1CCCC1)c1ccc2c(c1)OCO2. The number of fused-ring (bicyclic) bond motifs is 2. The molecule has 2 heterocycles. The number of aryl methyl sites for hydroxylation is 1. The summed E-state index contributed by atoms with van der Waals surface area (Å²) >= 11 is 1.47. The number of nitrogens with one attached hydrogen (secondary N) is 2. The fraction of sp³-hybridized carbons (Fsp3) is 0.476. The Hall–Kier alpha value is -2.61. The number of ether oxygens (including phenoxy) is 2. The summed E-state index contributed by atoms with van der Waals surface area (Å²) in [4.78, 5) is 31.2. The number of hydrogen-bond donors (Lipinski definition) is 2. The molecule has 1 saturated carbocycles. The van der Waals surface area contributed by atoms with E-state index >= 15 is 0 Å². The van der Waals surface area contributed by atoms with Crippen molar-refractivity contribution in [1.29, 1.82) is 0 Å². The summed E-state index contributed by atoms with van der Waals surface area (Å²) in [6.07, 6.45) is 7.19. The summed E-state index contributed by atoms with van der Waals surface area (Å²) < 4.78 is 10.6. The summed E-state index contributed by atoms with van der Waals surface area (Å²) in [5.74, 6) is 0.826. The first-order valence-electron chi connectivity index (χ1n) is 10.2. The van der Waals surface area contributed by atoms with Crippen molar-refractivity contribution in [3.8, 4) is 11.5 Å². The molecule has 7 nitrogen and oxygen atoms in total. The summed E-state index contributed by atoms with van der Waals surface area (Å²) in [5.41, 5.74) is 1.32. The van der Waals surface area contributed by atoms with Gasteiger partial charge in [0, 0.05) is 16.5 Å². The molecule has 1 aliphatic heterocycles.